The number of hydrogen-bond donors (Lipinski definition) is 0. The standard InChI is InChI=1S/C26H29N5O4/c1-29(18-20-16-28-30(2)19-20)23(32)14-26(21-8-4-3-5-9-21)15-24(33)31(25(26)34)12-7-13-35-22-10-6-11-27-17-22/h3-6,8-11,16-17,19H,7,12-15,18H2,1-2H3/t26-/m1/s1. The Balaban J connectivity index is 1.47. The number of likely N-dealkylation sites (tertiary alicyclic amines) is 1. The molecular weight excluding hydrogens is 446 g/mol. The van der Waals surface area contributed by atoms with Crippen LogP contribution in [0.4, 0.5) is 0 Å². The van der Waals surface area contributed by atoms with Crippen LogP contribution in [0.1, 0.15) is 30.4 Å². The van der Waals surface area contributed by atoms with Gasteiger partial charge in [0.1, 0.15) is 5.75 Å². The lowest BCUT2D eigenvalue weighted by Gasteiger charge is -2.29. The molecule has 0 radical (unpaired) electrons. The van der Waals surface area contributed by atoms with E-state index in [2.05, 4.69) is 10.1 Å². The minimum atomic E-state index is -1.22. The van der Waals surface area contributed by atoms with Gasteiger partial charge in [-0.25, -0.2) is 0 Å². The number of nitrogens with zero attached hydrogens (tertiary/aromatic N) is 5. The third kappa shape index (κ3) is 5.40. The lowest BCUT2D eigenvalue weighted by atomic mass is 9.75. The molecule has 0 aliphatic carbocycles. The summed E-state index contributed by atoms with van der Waals surface area (Å²) in [5.74, 6) is -0.186. The predicted molar refractivity (Wildman–Crippen MR) is 128 cm³/mol. The van der Waals surface area contributed by atoms with Crippen LogP contribution in [-0.4, -0.2) is 62.5 Å². The van der Waals surface area contributed by atoms with Crippen molar-refractivity contribution in [2.45, 2.75) is 31.2 Å². The highest BCUT2D eigenvalue weighted by Gasteiger charge is 2.53. The molecule has 182 valence electrons. The van der Waals surface area contributed by atoms with Gasteiger partial charge in [0.25, 0.3) is 0 Å². The lowest BCUT2D eigenvalue weighted by Crippen LogP contribution is -2.43. The fourth-order valence-corrected chi connectivity index (χ4v) is 4.40. The van der Waals surface area contributed by atoms with Crippen LogP contribution in [0.25, 0.3) is 0 Å². The number of imide groups is 1. The number of pyridine rings is 1. The topological polar surface area (TPSA) is 97.6 Å². The Bertz CT molecular complexity index is 1180. The Morgan fingerprint density at radius 1 is 1.14 bits per heavy atom. The van der Waals surface area contributed by atoms with Crippen molar-refractivity contribution >= 4 is 17.7 Å². The van der Waals surface area contributed by atoms with E-state index >= 15 is 0 Å². The maximum absolute atomic E-state index is 13.7. The number of carbonyl (C=O) groups is 3. The Hall–Kier alpha value is -4.01. The number of ether oxygens (including phenoxy) is 1. The number of aromatic nitrogens is 3. The van der Waals surface area contributed by atoms with Gasteiger partial charge in [-0.15, -0.1) is 0 Å². The van der Waals surface area contributed by atoms with Crippen LogP contribution in [0.5, 0.6) is 5.75 Å². The van der Waals surface area contributed by atoms with Gasteiger partial charge < -0.3 is 9.64 Å². The fraction of sp³-hybridized carbons (Fsp3) is 0.346. The highest BCUT2D eigenvalue weighted by Crippen LogP contribution is 2.40. The normalized spacial score (nSPS) is 17.6. The number of aryl methyl sites for hydroxylation is 1. The molecule has 0 saturated carbocycles. The molecule has 1 saturated heterocycles. The van der Waals surface area contributed by atoms with Gasteiger partial charge in [-0.1, -0.05) is 30.3 Å². The number of rotatable bonds is 10. The first-order chi connectivity index (χ1) is 16.9. The van der Waals surface area contributed by atoms with Gasteiger partial charge in [-0.2, -0.15) is 5.10 Å². The summed E-state index contributed by atoms with van der Waals surface area (Å²) in [4.78, 5) is 46.8. The van der Waals surface area contributed by atoms with Gasteiger partial charge in [-0.3, -0.25) is 28.9 Å². The molecule has 35 heavy (non-hydrogen) atoms. The zero-order chi connectivity index (χ0) is 24.8. The van der Waals surface area contributed by atoms with E-state index in [-0.39, 0.29) is 37.1 Å². The highest BCUT2D eigenvalue weighted by atomic mass is 16.5. The van der Waals surface area contributed by atoms with Crippen LogP contribution >= 0.6 is 0 Å². The summed E-state index contributed by atoms with van der Waals surface area (Å²) in [6.45, 7) is 0.940. The summed E-state index contributed by atoms with van der Waals surface area (Å²) in [6, 6.07) is 12.7. The van der Waals surface area contributed by atoms with E-state index in [0.717, 1.165) is 5.56 Å². The van der Waals surface area contributed by atoms with Crippen LogP contribution < -0.4 is 4.74 Å². The average molecular weight is 476 g/mol. The first-order valence-electron chi connectivity index (χ1n) is 11.5. The van der Waals surface area contributed by atoms with Gasteiger partial charge in [-0.05, 0) is 24.1 Å². The minimum Gasteiger partial charge on any atom is -0.492 e. The molecule has 1 aromatic carbocycles. The van der Waals surface area contributed by atoms with Crippen molar-refractivity contribution in [1.82, 2.24) is 24.6 Å². The molecule has 1 atom stereocenters. The summed E-state index contributed by atoms with van der Waals surface area (Å²) < 4.78 is 7.32. The molecule has 1 aliphatic heterocycles. The van der Waals surface area contributed by atoms with E-state index in [4.69, 9.17) is 4.74 Å². The van der Waals surface area contributed by atoms with E-state index < -0.39 is 5.41 Å². The second-order valence-corrected chi connectivity index (χ2v) is 8.82. The van der Waals surface area contributed by atoms with Gasteiger partial charge in [0, 0.05) is 58.0 Å². The van der Waals surface area contributed by atoms with Crippen LogP contribution in [0, 0.1) is 0 Å². The molecule has 0 unspecified atom stereocenters. The highest BCUT2D eigenvalue weighted by molar-refractivity contribution is 6.10. The van der Waals surface area contributed by atoms with Crippen molar-refractivity contribution in [2.24, 2.45) is 7.05 Å². The second kappa shape index (κ2) is 10.5. The summed E-state index contributed by atoms with van der Waals surface area (Å²) in [5, 5.41) is 4.14. The third-order valence-corrected chi connectivity index (χ3v) is 6.22. The van der Waals surface area contributed by atoms with Crippen molar-refractivity contribution in [3.05, 3.63) is 78.4 Å². The van der Waals surface area contributed by atoms with Crippen LogP contribution in [-0.2, 0) is 33.4 Å². The first kappa shape index (κ1) is 24.1. The van der Waals surface area contributed by atoms with Crippen molar-refractivity contribution in [2.75, 3.05) is 20.2 Å². The molecule has 0 bridgehead atoms. The molecule has 4 rings (SSSR count). The Kier molecular flexibility index (Phi) is 7.24. The third-order valence-electron chi connectivity index (χ3n) is 6.22. The number of carbonyl (C=O) groups excluding carboxylic acids is 3. The van der Waals surface area contributed by atoms with Crippen LogP contribution in [0.2, 0.25) is 0 Å². The zero-order valence-corrected chi connectivity index (χ0v) is 20.0. The van der Waals surface area contributed by atoms with E-state index in [0.29, 0.717) is 30.9 Å². The molecular formula is C26H29N5O4. The smallest absolute Gasteiger partial charge is 0.240 e. The number of hydrogen-bond acceptors (Lipinski definition) is 6. The van der Waals surface area contributed by atoms with Gasteiger partial charge in [0.05, 0.1) is 24.4 Å². The average Bonchev–Trinajstić information content (AvgIpc) is 3.38. The molecule has 1 fully saturated rings. The molecule has 0 N–H and O–H groups in total. The largest absolute Gasteiger partial charge is 0.492 e. The molecule has 3 amide bonds. The quantitative estimate of drug-likeness (QED) is 0.330. The van der Waals surface area contributed by atoms with Gasteiger partial charge in [0.15, 0.2) is 0 Å². The number of amides is 3. The van der Waals surface area contributed by atoms with Crippen LogP contribution in [0.15, 0.2) is 67.3 Å². The van der Waals surface area contributed by atoms with E-state index in [9.17, 15) is 14.4 Å². The van der Waals surface area contributed by atoms with Gasteiger partial charge >= 0.3 is 0 Å². The summed E-state index contributed by atoms with van der Waals surface area (Å²) in [6.07, 6.45) is 7.18. The predicted octanol–water partition coefficient (Wildman–Crippen LogP) is 2.33. The van der Waals surface area contributed by atoms with Crippen molar-refractivity contribution < 1.29 is 19.1 Å². The molecule has 3 aromatic rings. The molecule has 2 aromatic heterocycles. The summed E-state index contributed by atoms with van der Waals surface area (Å²) in [5.41, 5.74) is 0.347. The Morgan fingerprint density at radius 3 is 2.63 bits per heavy atom. The fourth-order valence-electron chi connectivity index (χ4n) is 4.40. The van der Waals surface area contributed by atoms with E-state index in [1.54, 1.807) is 47.4 Å². The Labute approximate surface area is 204 Å². The summed E-state index contributed by atoms with van der Waals surface area (Å²) >= 11 is 0. The van der Waals surface area contributed by atoms with Crippen molar-refractivity contribution in [1.29, 1.82) is 0 Å². The van der Waals surface area contributed by atoms with Crippen molar-refractivity contribution in [3.8, 4) is 5.75 Å². The molecule has 0 spiro atoms. The number of benzene rings is 1. The minimum absolute atomic E-state index is 0.0359. The lowest BCUT2D eigenvalue weighted by molar-refractivity contribution is -0.142. The first-order valence-corrected chi connectivity index (χ1v) is 11.5. The summed E-state index contributed by atoms with van der Waals surface area (Å²) in [7, 11) is 3.51. The van der Waals surface area contributed by atoms with E-state index in [1.807, 2.05) is 43.6 Å². The second-order valence-electron chi connectivity index (χ2n) is 8.82. The Morgan fingerprint density at radius 2 is 1.94 bits per heavy atom. The maximum Gasteiger partial charge on any atom is 0.240 e. The maximum atomic E-state index is 13.7. The van der Waals surface area contributed by atoms with Gasteiger partial charge in [0.2, 0.25) is 17.7 Å². The molecule has 9 heteroatoms. The van der Waals surface area contributed by atoms with Crippen LogP contribution in [0.3, 0.4) is 0 Å². The molecule has 9 nitrogen and oxygen atoms in total. The molecule has 1 aliphatic rings. The zero-order valence-electron chi connectivity index (χ0n) is 20.0. The van der Waals surface area contributed by atoms with E-state index in [1.165, 1.54) is 4.90 Å². The molecule has 3 heterocycles. The SMILES string of the molecule is CN(Cc1cnn(C)c1)C(=O)C[C@]1(c2ccccc2)CC(=O)N(CCCOc2cccnc2)C1=O. The monoisotopic (exact) mass is 475 g/mol. The van der Waals surface area contributed by atoms with Crippen molar-refractivity contribution in [3.63, 3.8) is 0 Å².